The van der Waals surface area contributed by atoms with Crippen LogP contribution in [0.25, 0.3) is 0 Å². The number of aryl methyl sites for hydroxylation is 2. The minimum atomic E-state index is -0.362. The second kappa shape index (κ2) is 7.39. The summed E-state index contributed by atoms with van der Waals surface area (Å²) in [6.45, 7) is 1.66. The van der Waals surface area contributed by atoms with Gasteiger partial charge in [0.1, 0.15) is 12.4 Å². The molecule has 3 nitrogen and oxygen atoms in total. The van der Waals surface area contributed by atoms with Gasteiger partial charge >= 0.3 is 0 Å². The van der Waals surface area contributed by atoms with Crippen LogP contribution in [0.4, 0.5) is 10.1 Å². The van der Waals surface area contributed by atoms with E-state index in [1.54, 1.807) is 13.0 Å². The fourth-order valence-electron chi connectivity index (χ4n) is 2.15. The fraction of sp³-hybridized carbons (Fsp3) is 0.250. The first-order chi connectivity index (χ1) is 10.5. The molecule has 1 heterocycles. The topological polar surface area (TPSA) is 44.1 Å². The summed E-state index contributed by atoms with van der Waals surface area (Å²) in [7, 11) is 0. The largest absolute Gasteiger partial charge is 0.298 e. The highest BCUT2D eigenvalue weighted by molar-refractivity contribution is 7.16. The maximum absolute atomic E-state index is 13.2. The van der Waals surface area contributed by atoms with Crippen LogP contribution < -0.4 is 4.90 Å². The van der Waals surface area contributed by atoms with E-state index in [0.29, 0.717) is 22.0 Å². The number of nitrogens with zero attached hydrogens (tertiary/aromatic N) is 2. The van der Waals surface area contributed by atoms with Crippen LogP contribution in [0.3, 0.4) is 0 Å². The van der Waals surface area contributed by atoms with Gasteiger partial charge in [0.05, 0.1) is 10.4 Å². The maximum atomic E-state index is 13.2. The van der Waals surface area contributed by atoms with Crippen molar-refractivity contribution in [2.75, 3.05) is 11.4 Å². The molecular weight excluding hydrogens is 323 g/mol. The normalized spacial score (nSPS) is 10.3. The molecule has 0 saturated carbocycles. The van der Waals surface area contributed by atoms with Crippen LogP contribution in [-0.2, 0) is 11.2 Å². The molecule has 114 valence electrons. The Hall–Kier alpha value is -1.90. The average Bonchev–Trinajstić information content (AvgIpc) is 2.89. The van der Waals surface area contributed by atoms with Gasteiger partial charge in [0, 0.05) is 17.0 Å². The van der Waals surface area contributed by atoms with E-state index in [4.69, 9.17) is 16.9 Å². The number of benzene rings is 1. The van der Waals surface area contributed by atoms with Crippen LogP contribution in [0, 0.1) is 24.1 Å². The molecular formula is C16H14ClFN2OS. The van der Waals surface area contributed by atoms with E-state index in [9.17, 15) is 9.18 Å². The van der Waals surface area contributed by atoms with E-state index in [-0.39, 0.29) is 24.7 Å². The van der Waals surface area contributed by atoms with Crippen molar-refractivity contribution in [3.05, 3.63) is 50.9 Å². The number of amides is 1. The Balaban J connectivity index is 2.13. The first kappa shape index (κ1) is 16.5. The van der Waals surface area contributed by atoms with Crippen LogP contribution in [0.1, 0.15) is 16.9 Å². The van der Waals surface area contributed by atoms with Crippen LogP contribution in [0.15, 0.2) is 30.3 Å². The Kier molecular flexibility index (Phi) is 5.53. The van der Waals surface area contributed by atoms with Crippen LogP contribution in [-0.4, -0.2) is 12.5 Å². The van der Waals surface area contributed by atoms with Gasteiger partial charge in [0.2, 0.25) is 5.91 Å². The molecule has 0 radical (unpaired) electrons. The highest BCUT2D eigenvalue weighted by Crippen LogP contribution is 2.24. The summed E-state index contributed by atoms with van der Waals surface area (Å²) in [4.78, 5) is 14.8. The SMILES string of the molecule is Cc1cc(F)ccc1N(CC#N)C(=O)CCc1ccc(Cl)s1. The van der Waals surface area contributed by atoms with Crippen molar-refractivity contribution < 1.29 is 9.18 Å². The number of nitriles is 1. The third kappa shape index (κ3) is 4.06. The van der Waals surface area contributed by atoms with Crippen molar-refractivity contribution in [2.45, 2.75) is 19.8 Å². The molecule has 1 aromatic heterocycles. The lowest BCUT2D eigenvalue weighted by molar-refractivity contribution is -0.118. The van der Waals surface area contributed by atoms with Gasteiger partial charge < -0.3 is 0 Å². The highest BCUT2D eigenvalue weighted by Gasteiger charge is 2.17. The fourth-order valence-corrected chi connectivity index (χ4v) is 3.24. The molecule has 1 aromatic carbocycles. The van der Waals surface area contributed by atoms with Crippen molar-refractivity contribution in [1.29, 1.82) is 5.26 Å². The molecule has 6 heteroatoms. The predicted molar refractivity (Wildman–Crippen MR) is 86.8 cm³/mol. The molecule has 2 aromatic rings. The Morgan fingerprint density at radius 1 is 1.41 bits per heavy atom. The van der Waals surface area contributed by atoms with Crippen molar-refractivity contribution in [3.8, 4) is 6.07 Å². The number of carbonyl (C=O) groups excluding carboxylic acids is 1. The standard InChI is InChI=1S/C16H14ClFN2OS/c1-11-10-12(18)2-5-14(11)20(9-8-19)16(21)7-4-13-3-6-15(17)22-13/h2-3,5-6,10H,4,7,9H2,1H3. The van der Waals surface area contributed by atoms with Crippen molar-refractivity contribution in [3.63, 3.8) is 0 Å². The van der Waals surface area contributed by atoms with E-state index in [2.05, 4.69) is 0 Å². The van der Waals surface area contributed by atoms with Crippen LogP contribution in [0.5, 0.6) is 0 Å². The molecule has 1 amide bonds. The summed E-state index contributed by atoms with van der Waals surface area (Å²) in [5, 5.41) is 8.95. The highest BCUT2D eigenvalue weighted by atomic mass is 35.5. The van der Waals surface area contributed by atoms with Crippen LogP contribution in [0.2, 0.25) is 4.34 Å². The summed E-state index contributed by atoms with van der Waals surface area (Å²) in [6.07, 6.45) is 0.841. The quantitative estimate of drug-likeness (QED) is 0.762. The van der Waals surface area contributed by atoms with Gasteiger partial charge in [-0.3, -0.25) is 9.69 Å². The maximum Gasteiger partial charge on any atom is 0.228 e. The summed E-state index contributed by atoms with van der Waals surface area (Å²) in [5.74, 6) is -0.528. The number of hydrogen-bond acceptors (Lipinski definition) is 3. The van der Waals surface area contributed by atoms with Gasteiger partial charge in [-0.05, 0) is 49.2 Å². The molecule has 22 heavy (non-hydrogen) atoms. The lowest BCUT2D eigenvalue weighted by atomic mass is 10.1. The average molecular weight is 337 g/mol. The van der Waals surface area contributed by atoms with Crippen molar-refractivity contribution in [1.82, 2.24) is 0 Å². The van der Waals surface area contributed by atoms with E-state index in [1.165, 1.54) is 34.4 Å². The van der Waals surface area contributed by atoms with Gasteiger partial charge in [-0.1, -0.05) is 11.6 Å². The molecule has 0 N–H and O–H groups in total. The number of thiophene rings is 1. The Morgan fingerprint density at radius 3 is 2.77 bits per heavy atom. The van der Waals surface area contributed by atoms with E-state index in [0.717, 1.165) is 4.88 Å². The number of hydrogen-bond donors (Lipinski definition) is 0. The Bertz CT molecular complexity index is 723. The summed E-state index contributed by atoms with van der Waals surface area (Å²) < 4.78 is 13.9. The third-order valence-corrected chi connectivity index (χ3v) is 4.48. The van der Waals surface area contributed by atoms with E-state index in [1.807, 2.05) is 12.1 Å². The minimum absolute atomic E-state index is 0.0590. The predicted octanol–water partition coefficient (Wildman–Crippen LogP) is 4.34. The van der Waals surface area contributed by atoms with Crippen molar-refractivity contribution >= 4 is 34.5 Å². The second-order valence-corrected chi connectivity index (χ2v) is 6.57. The number of halogens is 2. The molecule has 2 rings (SSSR count). The number of rotatable bonds is 5. The van der Waals surface area contributed by atoms with Gasteiger partial charge in [-0.25, -0.2) is 4.39 Å². The van der Waals surface area contributed by atoms with Crippen LogP contribution >= 0.6 is 22.9 Å². The molecule has 0 fully saturated rings. The van der Waals surface area contributed by atoms with Gasteiger partial charge in [0.15, 0.2) is 0 Å². The number of anilines is 1. The molecule has 0 aliphatic rings. The first-order valence-electron chi connectivity index (χ1n) is 6.69. The first-order valence-corrected chi connectivity index (χ1v) is 7.88. The summed E-state index contributed by atoms with van der Waals surface area (Å²) in [5.41, 5.74) is 1.19. The smallest absolute Gasteiger partial charge is 0.228 e. The molecule has 0 aliphatic heterocycles. The third-order valence-electron chi connectivity index (χ3n) is 3.19. The van der Waals surface area contributed by atoms with E-state index >= 15 is 0 Å². The lowest BCUT2D eigenvalue weighted by Crippen LogP contribution is -2.32. The molecule has 0 unspecified atom stereocenters. The van der Waals surface area contributed by atoms with Gasteiger partial charge in [0.25, 0.3) is 0 Å². The van der Waals surface area contributed by atoms with E-state index < -0.39 is 0 Å². The molecule has 0 bridgehead atoms. The second-order valence-electron chi connectivity index (χ2n) is 4.77. The summed E-state index contributed by atoms with van der Waals surface area (Å²) in [6, 6.07) is 9.84. The van der Waals surface area contributed by atoms with Crippen molar-refractivity contribution in [2.24, 2.45) is 0 Å². The van der Waals surface area contributed by atoms with Gasteiger partial charge in [-0.15, -0.1) is 11.3 Å². The lowest BCUT2D eigenvalue weighted by Gasteiger charge is -2.21. The van der Waals surface area contributed by atoms with Gasteiger partial charge in [-0.2, -0.15) is 5.26 Å². The molecule has 0 spiro atoms. The minimum Gasteiger partial charge on any atom is -0.298 e. The Labute approximate surface area is 137 Å². The molecule has 0 aliphatic carbocycles. The number of carbonyl (C=O) groups is 1. The zero-order chi connectivity index (χ0) is 16.1. The zero-order valence-electron chi connectivity index (χ0n) is 12.0. The molecule has 0 saturated heterocycles. The summed E-state index contributed by atoms with van der Waals surface area (Å²) >= 11 is 7.30. The zero-order valence-corrected chi connectivity index (χ0v) is 13.5. The monoisotopic (exact) mass is 336 g/mol. The Morgan fingerprint density at radius 2 is 2.18 bits per heavy atom. The molecule has 0 atom stereocenters.